The Balaban J connectivity index is 1.64. The van der Waals surface area contributed by atoms with Crippen LogP contribution >= 0.6 is 0 Å². The van der Waals surface area contributed by atoms with Crippen molar-refractivity contribution in [2.75, 3.05) is 36.0 Å². The van der Waals surface area contributed by atoms with Gasteiger partial charge in [0.15, 0.2) is 0 Å². The fourth-order valence-electron chi connectivity index (χ4n) is 7.00. The van der Waals surface area contributed by atoms with E-state index in [1.807, 2.05) is 46.3 Å². The van der Waals surface area contributed by atoms with Crippen LogP contribution in [0.25, 0.3) is 0 Å². The molecule has 2 fully saturated rings. The molecule has 0 radical (unpaired) electrons. The summed E-state index contributed by atoms with van der Waals surface area (Å²) in [5, 5.41) is 0. The molecule has 6 rings (SSSR count). The Morgan fingerprint density at radius 3 is 1.31 bits per heavy atom. The Bertz CT molecular complexity index is 1360. The second-order valence-corrected chi connectivity index (χ2v) is 18.9. The number of nitrogens with zero attached hydrogens (tertiary/aromatic N) is 2. The molecular formula is C32H34F4N2Ti. The van der Waals surface area contributed by atoms with Gasteiger partial charge < -0.3 is 0 Å². The van der Waals surface area contributed by atoms with E-state index in [0.29, 0.717) is 50.4 Å². The maximum absolute atomic E-state index is 16.9. The van der Waals surface area contributed by atoms with E-state index in [4.69, 9.17) is 0 Å². The zero-order valence-electron chi connectivity index (χ0n) is 22.9. The van der Waals surface area contributed by atoms with Crippen LogP contribution in [-0.4, -0.2) is 26.2 Å². The van der Waals surface area contributed by atoms with Crippen molar-refractivity contribution < 1.29 is 34.2 Å². The molecule has 0 N–H and O–H groups in total. The molecule has 0 spiro atoms. The van der Waals surface area contributed by atoms with Crippen molar-refractivity contribution in [1.29, 1.82) is 0 Å². The summed E-state index contributed by atoms with van der Waals surface area (Å²) in [6, 6.07) is 5.54. The van der Waals surface area contributed by atoms with E-state index in [1.54, 1.807) is 0 Å². The van der Waals surface area contributed by atoms with Crippen LogP contribution in [-0.2, 0) is 16.6 Å². The van der Waals surface area contributed by atoms with Crippen LogP contribution < -0.4 is 17.5 Å². The molecule has 7 heteroatoms. The van der Waals surface area contributed by atoms with E-state index >= 15 is 17.6 Å². The minimum absolute atomic E-state index is 0.0207. The topological polar surface area (TPSA) is 6.48 Å². The first-order chi connectivity index (χ1) is 18.4. The predicted molar refractivity (Wildman–Crippen MR) is 148 cm³/mol. The number of hydrogen-bond acceptors (Lipinski definition) is 2. The van der Waals surface area contributed by atoms with Gasteiger partial charge in [-0.25, -0.2) is 0 Å². The zero-order valence-corrected chi connectivity index (χ0v) is 24.5. The fraction of sp³-hybridized carbons (Fsp3) is 0.375. The molecule has 2 aromatic rings. The van der Waals surface area contributed by atoms with Crippen molar-refractivity contribution in [3.63, 3.8) is 0 Å². The first-order valence-corrected chi connectivity index (χ1v) is 16.8. The second kappa shape index (κ2) is 9.24. The summed E-state index contributed by atoms with van der Waals surface area (Å²) in [5.74, 6) is -2.82. The van der Waals surface area contributed by atoms with Gasteiger partial charge in [0.05, 0.1) is 0 Å². The molecule has 0 unspecified atom stereocenters. The molecule has 4 aliphatic rings. The average Bonchev–Trinajstić information content (AvgIpc) is 3.55. The van der Waals surface area contributed by atoms with Crippen molar-refractivity contribution in [1.82, 2.24) is 0 Å². The molecule has 2 aromatic carbocycles. The predicted octanol–water partition coefficient (Wildman–Crippen LogP) is 6.73. The third kappa shape index (κ3) is 4.17. The van der Waals surface area contributed by atoms with Crippen LogP contribution in [0, 0.1) is 34.1 Å². The van der Waals surface area contributed by atoms with Gasteiger partial charge in [0.25, 0.3) is 0 Å². The van der Waals surface area contributed by atoms with Crippen molar-refractivity contribution in [2.24, 2.45) is 10.8 Å². The minimum atomic E-state index is -4.80. The van der Waals surface area contributed by atoms with Gasteiger partial charge in [-0.3, -0.25) is 0 Å². The number of allylic oxidation sites excluding steroid dienone is 8. The Morgan fingerprint density at radius 1 is 0.615 bits per heavy atom. The molecule has 2 heterocycles. The van der Waals surface area contributed by atoms with Gasteiger partial charge in [0.2, 0.25) is 0 Å². The summed E-state index contributed by atoms with van der Waals surface area (Å²) < 4.78 is 67.3. The van der Waals surface area contributed by atoms with Crippen LogP contribution in [0.3, 0.4) is 0 Å². The van der Waals surface area contributed by atoms with Gasteiger partial charge in [0, 0.05) is 0 Å². The molecule has 204 valence electrons. The van der Waals surface area contributed by atoms with Crippen LogP contribution in [0.5, 0.6) is 0 Å². The van der Waals surface area contributed by atoms with Crippen LogP contribution in [0.2, 0.25) is 0 Å². The molecule has 0 bridgehead atoms. The first-order valence-electron chi connectivity index (χ1n) is 13.6. The Morgan fingerprint density at radius 2 is 1.00 bits per heavy atom. The molecule has 0 saturated carbocycles. The third-order valence-electron chi connectivity index (χ3n) is 8.55. The second-order valence-electron chi connectivity index (χ2n) is 12.9. The van der Waals surface area contributed by atoms with Crippen LogP contribution in [0.15, 0.2) is 68.5 Å². The molecule has 0 amide bonds. The van der Waals surface area contributed by atoms with E-state index in [2.05, 4.69) is 27.7 Å². The van der Waals surface area contributed by atoms with Crippen LogP contribution in [0.4, 0.5) is 28.9 Å². The Hall–Kier alpha value is -2.57. The number of rotatable bonds is 6. The first kappa shape index (κ1) is 26.6. The summed E-state index contributed by atoms with van der Waals surface area (Å²) in [5.41, 5.74) is 0.653. The third-order valence-corrected chi connectivity index (χ3v) is 16.5. The Kier molecular flexibility index (Phi) is 6.31. The zero-order chi connectivity index (χ0) is 27.7. The molecule has 2 aliphatic heterocycles. The van der Waals surface area contributed by atoms with E-state index in [9.17, 15) is 0 Å². The SMILES string of the molecule is CC1(C)CN(c2ccc(F)[c]([Ti]([C]3=CC=CC3)([C]3=CC=CC3)[c]3c(F)ccc(N4CC(C)(C)C4)c3F)c2F)C1. The number of benzene rings is 2. The average molecular weight is 570 g/mol. The molecule has 2 saturated heterocycles. The van der Waals surface area contributed by atoms with Gasteiger partial charge in [-0.2, -0.15) is 0 Å². The molecule has 39 heavy (non-hydrogen) atoms. The summed E-state index contributed by atoms with van der Waals surface area (Å²) in [4.78, 5) is 3.80. The molecule has 2 aliphatic carbocycles. The normalized spacial score (nSPS) is 21.1. The molecule has 0 atom stereocenters. The standard InChI is InChI=1S/2C11H12F2N.2C5H5.Ti/c2*1-11(2)6-14(7-11)10-4-3-8(12)5-9(10)13;2*1-2-4-5-3-1;/h2*3-4H,6-7H2,1-2H3;2*1-3H,4H2;. The number of anilines is 2. The van der Waals surface area contributed by atoms with E-state index in [0.717, 1.165) is 7.76 Å². The molecule has 2 nitrogen and oxygen atoms in total. The van der Waals surface area contributed by atoms with Gasteiger partial charge in [-0.1, -0.05) is 0 Å². The van der Waals surface area contributed by atoms with Gasteiger partial charge in [-0.15, -0.1) is 0 Å². The quantitative estimate of drug-likeness (QED) is 0.281. The van der Waals surface area contributed by atoms with E-state index < -0.39 is 39.9 Å². The summed E-state index contributed by atoms with van der Waals surface area (Å²) >= 11 is -4.80. The van der Waals surface area contributed by atoms with Crippen molar-refractivity contribution >= 4 is 19.1 Å². The van der Waals surface area contributed by atoms with E-state index in [-0.39, 0.29) is 18.6 Å². The fourth-order valence-corrected chi connectivity index (χ4v) is 15.3. The number of halogens is 4. The van der Waals surface area contributed by atoms with Gasteiger partial charge in [-0.05, 0) is 0 Å². The van der Waals surface area contributed by atoms with Crippen molar-refractivity contribution in [3.8, 4) is 0 Å². The van der Waals surface area contributed by atoms with Crippen molar-refractivity contribution in [2.45, 2.75) is 40.5 Å². The number of hydrogen-bond donors (Lipinski definition) is 0. The maximum atomic E-state index is 16.9. The van der Waals surface area contributed by atoms with E-state index in [1.165, 1.54) is 24.3 Å². The molecular weight excluding hydrogens is 536 g/mol. The summed E-state index contributed by atoms with van der Waals surface area (Å²) in [6.45, 7) is 10.9. The summed E-state index contributed by atoms with van der Waals surface area (Å²) in [6.07, 6.45) is 12.0. The van der Waals surface area contributed by atoms with Gasteiger partial charge in [0.1, 0.15) is 0 Å². The van der Waals surface area contributed by atoms with Gasteiger partial charge >= 0.3 is 232 Å². The Labute approximate surface area is 231 Å². The summed E-state index contributed by atoms with van der Waals surface area (Å²) in [7, 11) is 0. The van der Waals surface area contributed by atoms with Crippen LogP contribution in [0.1, 0.15) is 40.5 Å². The monoisotopic (exact) mass is 570 g/mol. The molecule has 0 aromatic heterocycles. The van der Waals surface area contributed by atoms with Crippen molar-refractivity contribution in [3.05, 3.63) is 91.7 Å².